The summed E-state index contributed by atoms with van der Waals surface area (Å²) < 4.78 is 0. The Morgan fingerprint density at radius 3 is 2.50 bits per heavy atom. The molecule has 0 atom stereocenters. The molecular formula is C16H22N4. The minimum absolute atomic E-state index is 0.440. The lowest BCUT2D eigenvalue weighted by Gasteiger charge is -2.19. The van der Waals surface area contributed by atoms with Gasteiger partial charge in [-0.3, -0.25) is 4.98 Å². The highest BCUT2D eigenvalue weighted by molar-refractivity contribution is 5.58. The van der Waals surface area contributed by atoms with Gasteiger partial charge < -0.3 is 10.2 Å². The maximum atomic E-state index is 4.64. The van der Waals surface area contributed by atoms with E-state index < -0.39 is 0 Å². The Labute approximate surface area is 120 Å². The Hall–Kier alpha value is -1.94. The first-order valence-electron chi connectivity index (χ1n) is 6.91. The zero-order valence-corrected chi connectivity index (χ0v) is 12.6. The van der Waals surface area contributed by atoms with Crippen LogP contribution >= 0.6 is 0 Å². The van der Waals surface area contributed by atoms with Crippen LogP contribution in [-0.4, -0.2) is 23.1 Å². The minimum Gasteiger partial charge on any atom is -0.328 e. The molecule has 4 heteroatoms. The van der Waals surface area contributed by atoms with Gasteiger partial charge in [-0.25, -0.2) is 4.98 Å². The minimum atomic E-state index is 0.440. The molecule has 0 aliphatic rings. The Bertz CT molecular complexity index is 549. The molecule has 0 bridgehead atoms. The second-order valence-corrected chi connectivity index (χ2v) is 5.30. The van der Waals surface area contributed by atoms with E-state index >= 15 is 0 Å². The van der Waals surface area contributed by atoms with Gasteiger partial charge in [-0.05, 0) is 19.1 Å². The van der Waals surface area contributed by atoms with Gasteiger partial charge in [0.25, 0.3) is 0 Å². The molecular weight excluding hydrogens is 248 g/mol. The number of benzene rings is 1. The van der Waals surface area contributed by atoms with E-state index in [1.807, 2.05) is 18.1 Å². The zero-order valence-electron chi connectivity index (χ0n) is 12.6. The van der Waals surface area contributed by atoms with Gasteiger partial charge in [0.2, 0.25) is 0 Å². The normalized spacial score (nSPS) is 10.8. The molecule has 106 valence electrons. The van der Waals surface area contributed by atoms with Crippen molar-refractivity contribution in [3.05, 3.63) is 47.9 Å². The van der Waals surface area contributed by atoms with Gasteiger partial charge in [0.15, 0.2) is 5.82 Å². The van der Waals surface area contributed by atoms with Crippen molar-refractivity contribution in [2.45, 2.75) is 33.4 Å². The predicted molar refractivity (Wildman–Crippen MR) is 83.2 cm³/mol. The van der Waals surface area contributed by atoms with Gasteiger partial charge in [0.05, 0.1) is 11.9 Å². The average Bonchev–Trinajstić information content (AvgIpc) is 2.45. The van der Waals surface area contributed by atoms with Gasteiger partial charge in [-0.1, -0.05) is 31.5 Å². The number of aryl methyl sites for hydroxylation is 1. The Morgan fingerprint density at radius 2 is 1.85 bits per heavy atom. The molecule has 2 rings (SSSR count). The molecule has 0 amide bonds. The molecule has 0 unspecified atom stereocenters. The van der Waals surface area contributed by atoms with Crippen molar-refractivity contribution in [1.29, 1.82) is 0 Å². The molecule has 1 aromatic heterocycles. The summed E-state index contributed by atoms with van der Waals surface area (Å²) in [5.74, 6) is 0.858. The zero-order chi connectivity index (χ0) is 14.5. The molecule has 2 aromatic rings. The van der Waals surface area contributed by atoms with Crippen LogP contribution in [0.4, 0.5) is 11.5 Å². The van der Waals surface area contributed by atoms with Crippen LogP contribution in [0.2, 0.25) is 0 Å². The first-order chi connectivity index (χ1) is 9.56. The van der Waals surface area contributed by atoms with Crippen molar-refractivity contribution >= 4 is 11.5 Å². The first kappa shape index (κ1) is 14.5. The summed E-state index contributed by atoms with van der Waals surface area (Å²) in [5.41, 5.74) is 3.32. The van der Waals surface area contributed by atoms with Crippen LogP contribution in [0.25, 0.3) is 0 Å². The number of rotatable bonds is 5. The van der Waals surface area contributed by atoms with E-state index in [0.29, 0.717) is 6.04 Å². The average molecular weight is 270 g/mol. The maximum Gasteiger partial charge on any atom is 0.151 e. The summed E-state index contributed by atoms with van der Waals surface area (Å²) in [6.45, 7) is 7.06. The number of anilines is 2. The van der Waals surface area contributed by atoms with Crippen LogP contribution in [0.15, 0.2) is 36.7 Å². The van der Waals surface area contributed by atoms with E-state index in [2.05, 4.69) is 60.3 Å². The van der Waals surface area contributed by atoms with Crippen LogP contribution in [0.3, 0.4) is 0 Å². The molecule has 0 fully saturated rings. The van der Waals surface area contributed by atoms with Crippen LogP contribution in [-0.2, 0) is 6.54 Å². The van der Waals surface area contributed by atoms with Crippen LogP contribution in [0, 0.1) is 6.92 Å². The fraction of sp³-hybridized carbons (Fsp3) is 0.375. The van der Waals surface area contributed by atoms with Crippen molar-refractivity contribution < 1.29 is 0 Å². The Kier molecular flexibility index (Phi) is 4.69. The summed E-state index contributed by atoms with van der Waals surface area (Å²) in [4.78, 5) is 11.0. The van der Waals surface area contributed by atoms with Crippen molar-refractivity contribution in [3.63, 3.8) is 0 Å². The van der Waals surface area contributed by atoms with E-state index in [1.165, 1.54) is 5.56 Å². The highest BCUT2D eigenvalue weighted by atomic mass is 15.2. The molecule has 0 radical (unpaired) electrons. The summed E-state index contributed by atoms with van der Waals surface area (Å²) in [6, 6.07) is 8.83. The third-order valence-electron chi connectivity index (χ3n) is 3.13. The fourth-order valence-electron chi connectivity index (χ4n) is 1.85. The predicted octanol–water partition coefficient (Wildman–Crippen LogP) is 3.05. The molecule has 1 N–H and O–H groups in total. The van der Waals surface area contributed by atoms with E-state index in [9.17, 15) is 0 Å². The quantitative estimate of drug-likeness (QED) is 0.906. The topological polar surface area (TPSA) is 41.1 Å². The van der Waals surface area contributed by atoms with Gasteiger partial charge >= 0.3 is 0 Å². The molecule has 0 spiro atoms. The molecule has 4 nitrogen and oxygen atoms in total. The lowest BCUT2D eigenvalue weighted by Crippen LogP contribution is -2.23. The highest BCUT2D eigenvalue weighted by Crippen LogP contribution is 2.21. The molecule has 1 heterocycles. The largest absolute Gasteiger partial charge is 0.328 e. The smallest absolute Gasteiger partial charge is 0.151 e. The van der Waals surface area contributed by atoms with Crippen molar-refractivity contribution in [3.8, 4) is 0 Å². The number of aromatic nitrogens is 2. The SMILES string of the molecule is Cc1ccc(N(C)c2cncc(CNC(C)C)n2)cc1. The lowest BCUT2D eigenvalue weighted by molar-refractivity contribution is 0.580. The van der Waals surface area contributed by atoms with E-state index in [0.717, 1.165) is 23.7 Å². The fourth-order valence-corrected chi connectivity index (χ4v) is 1.85. The highest BCUT2D eigenvalue weighted by Gasteiger charge is 2.07. The summed E-state index contributed by atoms with van der Waals surface area (Å²) >= 11 is 0. The van der Waals surface area contributed by atoms with Gasteiger partial charge in [0.1, 0.15) is 0 Å². The number of hydrogen-bond donors (Lipinski definition) is 1. The standard InChI is InChI=1S/C16H22N4/c1-12(2)18-10-14-9-17-11-16(19-14)20(4)15-7-5-13(3)6-8-15/h5-9,11-12,18H,10H2,1-4H3. The third-order valence-corrected chi connectivity index (χ3v) is 3.13. The van der Waals surface area contributed by atoms with Gasteiger partial charge in [-0.15, -0.1) is 0 Å². The number of nitrogens with one attached hydrogen (secondary N) is 1. The van der Waals surface area contributed by atoms with Gasteiger partial charge in [0, 0.05) is 31.5 Å². The van der Waals surface area contributed by atoms with Crippen molar-refractivity contribution in [2.24, 2.45) is 0 Å². The monoisotopic (exact) mass is 270 g/mol. The third kappa shape index (κ3) is 3.78. The van der Waals surface area contributed by atoms with Gasteiger partial charge in [-0.2, -0.15) is 0 Å². The molecule has 1 aromatic carbocycles. The number of hydrogen-bond acceptors (Lipinski definition) is 4. The molecule has 0 aliphatic carbocycles. The van der Waals surface area contributed by atoms with E-state index in [4.69, 9.17) is 0 Å². The second kappa shape index (κ2) is 6.48. The molecule has 0 saturated heterocycles. The first-order valence-corrected chi connectivity index (χ1v) is 6.91. The Balaban J connectivity index is 2.15. The maximum absolute atomic E-state index is 4.64. The van der Waals surface area contributed by atoms with Crippen LogP contribution in [0.1, 0.15) is 25.1 Å². The Morgan fingerprint density at radius 1 is 1.15 bits per heavy atom. The summed E-state index contributed by atoms with van der Waals surface area (Å²) in [7, 11) is 2.01. The molecule has 0 aliphatic heterocycles. The van der Waals surface area contributed by atoms with E-state index in [-0.39, 0.29) is 0 Å². The van der Waals surface area contributed by atoms with Crippen molar-refractivity contribution in [2.75, 3.05) is 11.9 Å². The molecule has 20 heavy (non-hydrogen) atoms. The number of nitrogens with zero attached hydrogens (tertiary/aromatic N) is 3. The summed E-state index contributed by atoms with van der Waals surface area (Å²) in [6.07, 6.45) is 3.60. The lowest BCUT2D eigenvalue weighted by atomic mass is 10.2. The van der Waals surface area contributed by atoms with Crippen molar-refractivity contribution in [1.82, 2.24) is 15.3 Å². The summed E-state index contributed by atoms with van der Waals surface area (Å²) in [5, 5.41) is 3.35. The second-order valence-electron chi connectivity index (χ2n) is 5.30. The molecule has 0 saturated carbocycles. The van der Waals surface area contributed by atoms with E-state index in [1.54, 1.807) is 6.20 Å². The van der Waals surface area contributed by atoms with Crippen LogP contribution < -0.4 is 10.2 Å². The van der Waals surface area contributed by atoms with Crippen LogP contribution in [0.5, 0.6) is 0 Å².